The average molecular weight is 657 g/mol. The van der Waals surface area contributed by atoms with Gasteiger partial charge in [-0.05, 0) is 57.1 Å². The van der Waals surface area contributed by atoms with E-state index in [-0.39, 0.29) is 48.9 Å². The minimum absolute atomic E-state index is 0.0100. The summed E-state index contributed by atoms with van der Waals surface area (Å²) in [5, 5.41) is 3.31. The summed E-state index contributed by atoms with van der Waals surface area (Å²) in [4.78, 5) is 9.75. The summed E-state index contributed by atoms with van der Waals surface area (Å²) in [6.07, 6.45) is -1.28. The van der Waals surface area contributed by atoms with Crippen molar-refractivity contribution in [3.8, 4) is 33.4 Å². The van der Waals surface area contributed by atoms with Crippen LogP contribution in [0.15, 0.2) is 186 Å². The van der Waals surface area contributed by atoms with Crippen molar-refractivity contribution < 1.29 is 15.1 Å². The zero-order valence-corrected chi connectivity index (χ0v) is 26.6. The Balaban J connectivity index is 1.21. The number of fused-ring (bicyclic) bond motifs is 3. The fourth-order valence-electron chi connectivity index (χ4n) is 5.93. The molecule has 0 aliphatic carbocycles. The smallest absolute Gasteiger partial charge is 0.169 e. The van der Waals surface area contributed by atoms with Crippen LogP contribution in [0.25, 0.3) is 53.6 Å². The van der Waals surface area contributed by atoms with Gasteiger partial charge in [0.15, 0.2) is 6.17 Å². The number of thiophene rings is 1. The lowest BCUT2D eigenvalue weighted by Gasteiger charge is -2.23. The zero-order valence-electron chi connectivity index (χ0n) is 36.8. The topological polar surface area (TPSA) is 36.8 Å². The number of aliphatic imine (C=N–C) groups is 2. The third-order valence-corrected chi connectivity index (χ3v) is 9.39. The minimum atomic E-state index is -1.28. The first-order valence-electron chi connectivity index (χ1n) is 21.1. The molecule has 232 valence electrons. The highest BCUT2D eigenvalue weighted by Crippen LogP contribution is 2.40. The van der Waals surface area contributed by atoms with E-state index in [2.05, 4.69) is 41.7 Å². The second-order valence-electron chi connectivity index (χ2n) is 11.4. The van der Waals surface area contributed by atoms with Gasteiger partial charge in [0.25, 0.3) is 0 Å². The third-order valence-electron chi connectivity index (χ3n) is 8.37. The van der Waals surface area contributed by atoms with E-state index in [1.165, 1.54) is 0 Å². The molecule has 1 atom stereocenters. The molecule has 0 bridgehead atoms. The number of hydrogen-bond donors (Lipinski definition) is 1. The Morgan fingerprint density at radius 2 is 1.02 bits per heavy atom. The molecule has 1 unspecified atom stereocenters. The van der Waals surface area contributed by atoms with Crippen LogP contribution in [0, 0.1) is 0 Å². The van der Waals surface area contributed by atoms with Gasteiger partial charge < -0.3 is 5.32 Å². The Morgan fingerprint density at radius 1 is 0.490 bits per heavy atom. The Bertz CT molecular complexity index is 3110. The number of amidine groups is 2. The van der Waals surface area contributed by atoms with Crippen LogP contribution in [-0.2, 0) is 0 Å². The Labute approximate surface area is 305 Å². The van der Waals surface area contributed by atoms with Crippen molar-refractivity contribution in [1.82, 2.24) is 5.32 Å². The van der Waals surface area contributed by atoms with Crippen molar-refractivity contribution in [3.63, 3.8) is 0 Å². The van der Waals surface area contributed by atoms with Gasteiger partial charge in [-0.2, -0.15) is 0 Å². The second-order valence-corrected chi connectivity index (χ2v) is 12.4. The first-order chi connectivity index (χ1) is 28.8. The maximum Gasteiger partial charge on any atom is 0.169 e. The summed E-state index contributed by atoms with van der Waals surface area (Å²) in [7, 11) is 0. The SMILES string of the molecule is [2H]c1c([2H])c(-c2c([2H])c([2H])c([2H])c3sc4c([2H])c([2H])c([2H])c([2H])c4c23)c([2H])c(C2N=C(c3ccccc3)NC(c3ccc(-c4ccc(-c5ccccc5)cc4)cc3)=N2)c1[2H]. The molecule has 0 saturated carbocycles. The van der Waals surface area contributed by atoms with Gasteiger partial charge in [-0.15, -0.1) is 11.3 Å². The van der Waals surface area contributed by atoms with E-state index in [1.807, 2.05) is 72.8 Å². The van der Waals surface area contributed by atoms with E-state index in [0.717, 1.165) is 33.6 Å². The molecule has 0 saturated heterocycles. The van der Waals surface area contributed by atoms with Crippen LogP contribution >= 0.6 is 11.3 Å². The van der Waals surface area contributed by atoms with Crippen LogP contribution in [-0.4, -0.2) is 11.7 Å². The number of hydrogen-bond acceptors (Lipinski definition) is 4. The van der Waals surface area contributed by atoms with Crippen molar-refractivity contribution in [2.75, 3.05) is 0 Å². The van der Waals surface area contributed by atoms with Crippen LogP contribution in [0.4, 0.5) is 0 Å². The van der Waals surface area contributed by atoms with Gasteiger partial charge in [-0.25, -0.2) is 9.98 Å². The molecular weight excluding hydrogens is 615 g/mol. The Kier molecular flexibility index (Phi) is 5.01. The number of nitrogens with zero attached hydrogens (tertiary/aromatic N) is 2. The molecule has 8 aromatic rings. The molecule has 4 heteroatoms. The summed E-state index contributed by atoms with van der Waals surface area (Å²) in [6.45, 7) is 0. The molecule has 9 rings (SSSR count). The van der Waals surface area contributed by atoms with Crippen LogP contribution < -0.4 is 5.32 Å². The van der Waals surface area contributed by atoms with Crippen LogP contribution in [0.5, 0.6) is 0 Å². The summed E-state index contributed by atoms with van der Waals surface area (Å²) in [6, 6.07) is 30.0. The quantitative estimate of drug-likeness (QED) is 0.190. The van der Waals surface area contributed by atoms with Crippen molar-refractivity contribution in [2.24, 2.45) is 9.98 Å². The highest BCUT2D eigenvalue weighted by Gasteiger charge is 2.21. The lowest BCUT2D eigenvalue weighted by atomic mass is 9.97. The molecule has 1 aliphatic heterocycles. The number of nitrogens with one attached hydrogen (secondary N) is 1. The normalized spacial score (nSPS) is 17.5. The fourth-order valence-corrected chi connectivity index (χ4v) is 6.90. The summed E-state index contributed by atoms with van der Waals surface area (Å²) in [5.74, 6) is 0.750. The molecule has 0 amide bonds. The molecule has 0 fully saturated rings. The molecule has 1 N–H and O–H groups in total. The molecule has 2 heterocycles. The van der Waals surface area contributed by atoms with E-state index in [4.69, 9.17) is 23.7 Å². The highest BCUT2D eigenvalue weighted by molar-refractivity contribution is 7.25. The van der Waals surface area contributed by atoms with Crippen molar-refractivity contribution >= 4 is 43.2 Å². The van der Waals surface area contributed by atoms with Crippen molar-refractivity contribution in [2.45, 2.75) is 6.17 Å². The van der Waals surface area contributed by atoms with Gasteiger partial charge in [0.05, 0.1) is 15.1 Å². The minimum Gasteiger partial charge on any atom is -0.324 e. The predicted octanol–water partition coefficient (Wildman–Crippen LogP) is 11.6. The summed E-state index contributed by atoms with van der Waals surface area (Å²) < 4.78 is 97.7. The van der Waals surface area contributed by atoms with Gasteiger partial charge in [0.2, 0.25) is 0 Å². The maximum absolute atomic E-state index is 9.64. The average Bonchev–Trinajstić information content (AvgIpc) is 3.69. The molecule has 0 spiro atoms. The first kappa shape index (κ1) is 19.7. The molecular formula is C45H31N3S. The van der Waals surface area contributed by atoms with E-state index >= 15 is 0 Å². The standard InChI is InChI=1S/C45H31N3S/c1-3-11-30(12-4-1)31-21-23-32(24-22-31)33-25-27-35(28-26-33)44-46-43(34-13-5-2-6-14-34)47-45(48-44)37-16-9-15-36(29-37)38-18-10-20-41-42(38)39-17-7-8-19-40(39)49-41/h1-29,45H,(H,46,47,48)/i7D,8D,9D,10D,15D,16D,17D,18D,19D,20D,29D. The predicted molar refractivity (Wildman–Crippen MR) is 207 cm³/mol. The fraction of sp³-hybridized carbons (Fsp3) is 0.0222. The summed E-state index contributed by atoms with van der Waals surface area (Å²) >= 11 is 0.870. The summed E-state index contributed by atoms with van der Waals surface area (Å²) in [5.41, 5.74) is 4.93. The van der Waals surface area contributed by atoms with Gasteiger partial charge >= 0.3 is 0 Å². The molecule has 49 heavy (non-hydrogen) atoms. The molecule has 7 aromatic carbocycles. The third kappa shape index (κ3) is 5.62. The van der Waals surface area contributed by atoms with E-state index in [1.54, 1.807) is 0 Å². The number of benzene rings is 7. The van der Waals surface area contributed by atoms with Crippen LogP contribution in [0.2, 0.25) is 0 Å². The lowest BCUT2D eigenvalue weighted by molar-refractivity contribution is 0.756. The maximum atomic E-state index is 9.64. The molecule has 0 radical (unpaired) electrons. The second kappa shape index (κ2) is 12.5. The Hall–Kier alpha value is -6.10. The van der Waals surface area contributed by atoms with Crippen LogP contribution in [0.1, 0.15) is 37.9 Å². The van der Waals surface area contributed by atoms with Gasteiger partial charge in [-0.1, -0.05) is 158 Å². The molecule has 3 nitrogen and oxygen atoms in total. The van der Waals surface area contributed by atoms with Gasteiger partial charge in [-0.3, -0.25) is 0 Å². The molecule has 1 aliphatic rings. The van der Waals surface area contributed by atoms with Gasteiger partial charge in [0, 0.05) is 31.3 Å². The highest BCUT2D eigenvalue weighted by atomic mass is 32.1. The largest absolute Gasteiger partial charge is 0.324 e. The van der Waals surface area contributed by atoms with E-state index in [0.29, 0.717) is 22.8 Å². The lowest BCUT2D eigenvalue weighted by Crippen LogP contribution is -2.36. The molecule has 1 aromatic heterocycles. The van der Waals surface area contributed by atoms with E-state index < -0.39 is 60.5 Å². The van der Waals surface area contributed by atoms with Crippen LogP contribution in [0.3, 0.4) is 0 Å². The number of rotatable bonds is 6. The Morgan fingerprint density at radius 3 is 1.69 bits per heavy atom. The van der Waals surface area contributed by atoms with Crippen molar-refractivity contribution in [3.05, 3.63) is 192 Å². The zero-order chi connectivity index (χ0) is 42.1. The van der Waals surface area contributed by atoms with Crippen molar-refractivity contribution in [1.29, 1.82) is 0 Å². The first-order valence-corrected chi connectivity index (χ1v) is 16.4. The monoisotopic (exact) mass is 656 g/mol. The van der Waals surface area contributed by atoms with Gasteiger partial charge in [0.1, 0.15) is 11.7 Å². The van der Waals surface area contributed by atoms with E-state index in [9.17, 15) is 1.37 Å².